The maximum absolute atomic E-state index is 14.1. The van der Waals surface area contributed by atoms with Gasteiger partial charge >= 0.3 is 0 Å². The van der Waals surface area contributed by atoms with E-state index in [-0.39, 0.29) is 16.7 Å². The summed E-state index contributed by atoms with van der Waals surface area (Å²) in [5.74, 6) is -3.15. The molecule has 0 aromatic heterocycles. The fourth-order valence-corrected chi connectivity index (χ4v) is 4.58. The number of anilines is 3. The molecular formula is C40H28F5N. The SMILES string of the molecule is C=C(F)C(=C)/C=C/c1ccc(N(c2ccc(/C=C/c3ccc(F)cc3F)cc2)c2ccc(/C=C/c3ccc(F)cc3F)cc2)cc1. The molecule has 0 unspecified atom stereocenters. The molecule has 5 aromatic rings. The molecule has 228 valence electrons. The van der Waals surface area contributed by atoms with Crippen LogP contribution in [0.4, 0.5) is 39.0 Å². The summed E-state index contributed by atoms with van der Waals surface area (Å²) in [6.07, 6.45) is 9.98. The third-order valence-corrected chi connectivity index (χ3v) is 7.11. The van der Waals surface area contributed by atoms with Crippen molar-refractivity contribution in [3.8, 4) is 0 Å². The number of hydrogen-bond acceptors (Lipinski definition) is 1. The molecule has 0 aliphatic heterocycles. The average molecular weight is 618 g/mol. The van der Waals surface area contributed by atoms with Gasteiger partial charge < -0.3 is 4.90 Å². The van der Waals surface area contributed by atoms with Crippen LogP contribution in [0.3, 0.4) is 0 Å². The van der Waals surface area contributed by atoms with E-state index < -0.39 is 29.1 Å². The van der Waals surface area contributed by atoms with Crippen LogP contribution in [-0.4, -0.2) is 0 Å². The quantitative estimate of drug-likeness (QED) is 0.0856. The molecule has 5 aromatic carbocycles. The molecule has 0 spiro atoms. The first-order valence-electron chi connectivity index (χ1n) is 14.2. The Morgan fingerprint density at radius 2 is 0.848 bits per heavy atom. The lowest BCUT2D eigenvalue weighted by Crippen LogP contribution is -2.09. The molecule has 0 atom stereocenters. The van der Waals surface area contributed by atoms with Crippen LogP contribution in [-0.2, 0) is 0 Å². The van der Waals surface area contributed by atoms with E-state index >= 15 is 0 Å². The predicted octanol–water partition coefficient (Wildman–Crippen LogP) is 12.1. The van der Waals surface area contributed by atoms with Crippen molar-refractivity contribution >= 4 is 47.4 Å². The largest absolute Gasteiger partial charge is 0.311 e. The molecule has 0 N–H and O–H groups in total. The van der Waals surface area contributed by atoms with Crippen molar-refractivity contribution in [1.82, 2.24) is 0 Å². The maximum Gasteiger partial charge on any atom is 0.133 e. The smallest absolute Gasteiger partial charge is 0.133 e. The Balaban J connectivity index is 1.44. The van der Waals surface area contributed by atoms with Crippen molar-refractivity contribution in [2.45, 2.75) is 0 Å². The van der Waals surface area contributed by atoms with Gasteiger partial charge in [0.15, 0.2) is 0 Å². The van der Waals surface area contributed by atoms with Crippen LogP contribution in [0.2, 0.25) is 0 Å². The summed E-state index contributed by atoms with van der Waals surface area (Å²) >= 11 is 0. The van der Waals surface area contributed by atoms with Gasteiger partial charge in [-0.1, -0.05) is 86.0 Å². The average Bonchev–Trinajstić information content (AvgIpc) is 3.05. The van der Waals surface area contributed by atoms with Gasteiger partial charge in [0.2, 0.25) is 0 Å². The first-order valence-corrected chi connectivity index (χ1v) is 14.2. The van der Waals surface area contributed by atoms with Gasteiger partial charge in [0, 0.05) is 45.9 Å². The Kier molecular flexibility index (Phi) is 9.88. The summed E-state index contributed by atoms with van der Waals surface area (Å²) < 4.78 is 68.0. The molecule has 6 heteroatoms. The Labute approximate surface area is 264 Å². The molecule has 46 heavy (non-hydrogen) atoms. The molecular weight excluding hydrogens is 589 g/mol. The molecule has 0 aliphatic rings. The number of hydrogen-bond donors (Lipinski definition) is 0. The molecule has 0 bridgehead atoms. The third-order valence-electron chi connectivity index (χ3n) is 7.11. The van der Waals surface area contributed by atoms with E-state index in [0.29, 0.717) is 0 Å². The highest BCUT2D eigenvalue weighted by Crippen LogP contribution is 2.35. The molecule has 0 aliphatic carbocycles. The molecule has 0 heterocycles. The highest BCUT2D eigenvalue weighted by molar-refractivity contribution is 5.80. The van der Waals surface area contributed by atoms with Gasteiger partial charge in [-0.05, 0) is 77.4 Å². The Hall–Kier alpha value is -5.75. The summed E-state index contributed by atoms with van der Waals surface area (Å²) in [7, 11) is 0. The van der Waals surface area contributed by atoms with Crippen LogP contribution in [0.25, 0.3) is 30.4 Å². The number of halogens is 5. The van der Waals surface area contributed by atoms with Crippen molar-refractivity contribution < 1.29 is 22.0 Å². The van der Waals surface area contributed by atoms with E-state index in [1.165, 1.54) is 24.3 Å². The predicted molar refractivity (Wildman–Crippen MR) is 180 cm³/mol. The molecule has 0 radical (unpaired) electrons. The van der Waals surface area contributed by atoms with Gasteiger partial charge in [-0.25, -0.2) is 22.0 Å². The zero-order valence-corrected chi connectivity index (χ0v) is 24.6. The van der Waals surface area contributed by atoms with E-state index in [9.17, 15) is 22.0 Å². The number of allylic oxidation sites excluding steroid dienone is 3. The Morgan fingerprint density at radius 1 is 0.478 bits per heavy atom. The summed E-state index contributed by atoms with van der Waals surface area (Å²) in [4.78, 5) is 2.04. The molecule has 5 rings (SSSR count). The minimum atomic E-state index is -0.641. The molecule has 0 saturated carbocycles. The van der Waals surface area contributed by atoms with Crippen LogP contribution >= 0.6 is 0 Å². The van der Waals surface area contributed by atoms with Crippen LogP contribution in [0.15, 0.2) is 140 Å². The zero-order chi connectivity index (χ0) is 32.6. The van der Waals surface area contributed by atoms with Crippen LogP contribution in [0, 0.1) is 23.3 Å². The second kappa shape index (κ2) is 14.4. The lowest BCUT2D eigenvalue weighted by molar-refractivity contribution is 0.581. The molecule has 1 nitrogen and oxygen atoms in total. The second-order valence-corrected chi connectivity index (χ2v) is 10.4. The first-order chi connectivity index (χ1) is 22.2. The highest BCUT2D eigenvalue weighted by atomic mass is 19.1. The van der Waals surface area contributed by atoms with E-state index in [2.05, 4.69) is 13.2 Å². The minimum absolute atomic E-state index is 0.193. The van der Waals surface area contributed by atoms with E-state index in [1.807, 2.05) is 77.7 Å². The molecule has 0 fully saturated rings. The first kappa shape index (κ1) is 31.7. The molecule has 0 saturated heterocycles. The fourth-order valence-electron chi connectivity index (χ4n) is 4.58. The minimum Gasteiger partial charge on any atom is -0.311 e. The lowest BCUT2D eigenvalue weighted by atomic mass is 10.1. The van der Waals surface area contributed by atoms with E-state index in [1.54, 1.807) is 36.5 Å². The Bertz CT molecular complexity index is 1850. The van der Waals surface area contributed by atoms with Crippen LogP contribution < -0.4 is 4.90 Å². The van der Waals surface area contributed by atoms with Gasteiger partial charge in [0.1, 0.15) is 29.1 Å². The highest BCUT2D eigenvalue weighted by Gasteiger charge is 2.13. The monoisotopic (exact) mass is 617 g/mol. The third kappa shape index (κ3) is 8.04. The van der Waals surface area contributed by atoms with Crippen molar-refractivity contribution in [3.05, 3.63) is 191 Å². The van der Waals surface area contributed by atoms with Gasteiger partial charge in [0.25, 0.3) is 0 Å². The van der Waals surface area contributed by atoms with Gasteiger partial charge in [0.05, 0.1) is 0 Å². The van der Waals surface area contributed by atoms with Crippen LogP contribution in [0.1, 0.15) is 27.8 Å². The van der Waals surface area contributed by atoms with Crippen molar-refractivity contribution in [2.24, 2.45) is 0 Å². The van der Waals surface area contributed by atoms with Crippen molar-refractivity contribution in [1.29, 1.82) is 0 Å². The van der Waals surface area contributed by atoms with E-state index in [0.717, 1.165) is 45.9 Å². The van der Waals surface area contributed by atoms with Crippen molar-refractivity contribution in [3.63, 3.8) is 0 Å². The van der Waals surface area contributed by atoms with Crippen molar-refractivity contribution in [2.75, 3.05) is 4.90 Å². The van der Waals surface area contributed by atoms with Crippen LogP contribution in [0.5, 0.6) is 0 Å². The summed E-state index contributed by atoms with van der Waals surface area (Å²) in [5, 5.41) is 0. The standard InChI is InChI=1S/C40H28F5N/c1-27(28(2)41)3-4-29-7-19-36(20-8-29)46(37-21-9-30(10-22-37)5-13-32-15-17-34(42)25-39(32)44)38-23-11-31(12-24-38)6-14-33-16-18-35(43)26-40(33)45/h3-26H,1-2H2/b4-3+,13-5+,14-6+. The summed E-state index contributed by atoms with van der Waals surface area (Å²) in [6.45, 7) is 6.90. The number of nitrogens with zero attached hydrogens (tertiary/aromatic N) is 1. The van der Waals surface area contributed by atoms with Gasteiger partial charge in [-0.2, -0.15) is 0 Å². The maximum atomic E-state index is 14.1. The van der Waals surface area contributed by atoms with E-state index in [4.69, 9.17) is 0 Å². The normalized spacial score (nSPS) is 11.5. The zero-order valence-electron chi connectivity index (χ0n) is 24.6. The lowest BCUT2D eigenvalue weighted by Gasteiger charge is -2.26. The molecule has 0 amide bonds. The summed E-state index contributed by atoms with van der Waals surface area (Å²) in [5.41, 5.74) is 5.74. The second-order valence-electron chi connectivity index (χ2n) is 10.4. The van der Waals surface area contributed by atoms with Gasteiger partial charge in [-0.3, -0.25) is 0 Å². The fraction of sp³-hybridized carbons (Fsp3) is 0. The summed E-state index contributed by atoms with van der Waals surface area (Å²) in [6, 6.07) is 29.8. The number of rotatable bonds is 10. The number of benzene rings is 5. The Morgan fingerprint density at radius 3 is 1.20 bits per heavy atom. The van der Waals surface area contributed by atoms with Gasteiger partial charge in [-0.15, -0.1) is 0 Å². The topological polar surface area (TPSA) is 3.24 Å².